The Morgan fingerprint density at radius 2 is 2.04 bits per heavy atom. The van der Waals surface area contributed by atoms with E-state index in [0.717, 1.165) is 17.9 Å². The predicted octanol–water partition coefficient (Wildman–Crippen LogP) is 2.94. The minimum Gasteiger partial charge on any atom is -0.458 e. The van der Waals surface area contributed by atoms with E-state index in [-0.39, 0.29) is 0 Å². The highest BCUT2D eigenvalue weighted by Crippen LogP contribution is 2.27. The average molecular weight is 341 g/mol. The van der Waals surface area contributed by atoms with Gasteiger partial charge in [-0.25, -0.2) is 15.8 Å². The second-order valence-electron chi connectivity index (χ2n) is 5.20. The lowest BCUT2D eigenvalue weighted by molar-refractivity contribution is 0.457. The molecular weight excluding hydrogens is 322 g/mol. The van der Waals surface area contributed by atoms with Gasteiger partial charge < -0.3 is 15.2 Å². The van der Waals surface area contributed by atoms with Gasteiger partial charge in [-0.15, -0.1) is 11.3 Å². The van der Waals surface area contributed by atoms with Crippen molar-refractivity contribution in [3.05, 3.63) is 59.2 Å². The number of benzene rings is 1. The molecule has 2 heterocycles. The maximum absolute atomic E-state index is 5.94. The second kappa shape index (κ2) is 7.87. The molecule has 3 aromatic rings. The van der Waals surface area contributed by atoms with Crippen LogP contribution in [0.3, 0.4) is 0 Å². The topological polar surface area (TPSA) is 93.7 Å². The zero-order valence-corrected chi connectivity index (χ0v) is 13.9. The summed E-state index contributed by atoms with van der Waals surface area (Å²) < 4.78 is 5.58. The van der Waals surface area contributed by atoms with Crippen LogP contribution in [0.25, 0.3) is 11.5 Å². The van der Waals surface area contributed by atoms with Gasteiger partial charge in [-0.05, 0) is 24.1 Å². The molecule has 2 aromatic heterocycles. The van der Waals surface area contributed by atoms with Crippen LogP contribution in [-0.2, 0) is 13.0 Å². The van der Waals surface area contributed by atoms with Crippen LogP contribution >= 0.6 is 11.3 Å². The second-order valence-corrected chi connectivity index (χ2v) is 6.04. The molecule has 0 aliphatic heterocycles. The summed E-state index contributed by atoms with van der Waals surface area (Å²) in [4.78, 5) is 8.73. The standard InChI is InChI=1S/C17H19N5OS/c18-10-14-6-7-16(23-14)15-11-24-17(21-15)20-12-22(19)9-8-13-4-2-1-3-5-13/h1-7,11-12H,8-10,18-19H2/b20-12+. The molecule has 0 spiro atoms. The minimum atomic E-state index is 0.374. The first-order chi connectivity index (χ1) is 11.7. The highest BCUT2D eigenvalue weighted by Gasteiger charge is 2.08. The number of aromatic nitrogens is 1. The summed E-state index contributed by atoms with van der Waals surface area (Å²) in [6, 6.07) is 13.9. The number of aliphatic imine (C=N–C) groups is 1. The van der Waals surface area contributed by atoms with Crippen LogP contribution in [0, 0.1) is 0 Å². The summed E-state index contributed by atoms with van der Waals surface area (Å²) >= 11 is 1.44. The summed E-state index contributed by atoms with van der Waals surface area (Å²) in [5.41, 5.74) is 7.54. The van der Waals surface area contributed by atoms with Crippen molar-refractivity contribution in [2.45, 2.75) is 13.0 Å². The predicted molar refractivity (Wildman–Crippen MR) is 96.9 cm³/mol. The molecule has 0 radical (unpaired) electrons. The van der Waals surface area contributed by atoms with Crippen molar-refractivity contribution in [3.8, 4) is 11.5 Å². The fourth-order valence-electron chi connectivity index (χ4n) is 2.15. The van der Waals surface area contributed by atoms with Gasteiger partial charge in [-0.1, -0.05) is 30.3 Å². The van der Waals surface area contributed by atoms with Crippen molar-refractivity contribution in [3.63, 3.8) is 0 Å². The van der Waals surface area contributed by atoms with Gasteiger partial charge in [0.1, 0.15) is 17.8 Å². The van der Waals surface area contributed by atoms with Crippen molar-refractivity contribution in [2.24, 2.45) is 16.6 Å². The molecule has 0 atom stereocenters. The van der Waals surface area contributed by atoms with Gasteiger partial charge in [-0.2, -0.15) is 0 Å². The number of furan rings is 1. The number of hydrogen-bond donors (Lipinski definition) is 2. The lowest BCUT2D eigenvalue weighted by Gasteiger charge is -2.11. The summed E-state index contributed by atoms with van der Waals surface area (Å²) in [6.07, 6.45) is 2.46. The fourth-order valence-corrected chi connectivity index (χ4v) is 2.79. The van der Waals surface area contributed by atoms with Gasteiger partial charge in [0.05, 0.1) is 6.54 Å². The average Bonchev–Trinajstić information content (AvgIpc) is 3.28. The monoisotopic (exact) mass is 341 g/mol. The molecule has 7 heteroatoms. The molecular formula is C17H19N5OS. The fraction of sp³-hybridized carbons (Fsp3) is 0.176. The van der Waals surface area contributed by atoms with E-state index >= 15 is 0 Å². The lowest BCUT2D eigenvalue weighted by atomic mass is 10.1. The molecule has 0 fully saturated rings. The minimum absolute atomic E-state index is 0.374. The third-order valence-electron chi connectivity index (χ3n) is 3.43. The molecule has 1 aromatic carbocycles. The molecule has 0 bridgehead atoms. The van der Waals surface area contributed by atoms with Crippen molar-refractivity contribution in [2.75, 3.05) is 6.54 Å². The number of hydrazine groups is 1. The molecule has 124 valence electrons. The summed E-state index contributed by atoms with van der Waals surface area (Å²) in [7, 11) is 0. The van der Waals surface area contributed by atoms with E-state index in [0.29, 0.717) is 24.0 Å². The first-order valence-corrected chi connectivity index (χ1v) is 8.46. The van der Waals surface area contributed by atoms with Gasteiger partial charge in [0.25, 0.3) is 0 Å². The van der Waals surface area contributed by atoms with E-state index in [1.165, 1.54) is 16.9 Å². The van der Waals surface area contributed by atoms with Gasteiger partial charge in [0.2, 0.25) is 5.13 Å². The Balaban J connectivity index is 1.56. The van der Waals surface area contributed by atoms with Gasteiger partial charge >= 0.3 is 0 Å². The van der Waals surface area contributed by atoms with Crippen molar-refractivity contribution in [1.82, 2.24) is 9.99 Å². The van der Waals surface area contributed by atoms with Crippen LogP contribution in [0.1, 0.15) is 11.3 Å². The molecule has 4 N–H and O–H groups in total. The number of rotatable bonds is 7. The third-order valence-corrected chi connectivity index (χ3v) is 4.17. The highest BCUT2D eigenvalue weighted by atomic mass is 32.1. The van der Waals surface area contributed by atoms with E-state index < -0.39 is 0 Å². The molecule has 0 aliphatic rings. The largest absolute Gasteiger partial charge is 0.458 e. The lowest BCUT2D eigenvalue weighted by Crippen LogP contribution is -2.31. The Kier molecular flexibility index (Phi) is 5.37. The van der Waals surface area contributed by atoms with Crippen molar-refractivity contribution in [1.29, 1.82) is 0 Å². The van der Waals surface area contributed by atoms with Crippen LogP contribution in [0.4, 0.5) is 5.13 Å². The quantitative estimate of drug-likeness (QED) is 0.298. The van der Waals surface area contributed by atoms with Crippen LogP contribution in [0.5, 0.6) is 0 Å². The zero-order valence-electron chi connectivity index (χ0n) is 13.1. The summed E-state index contributed by atoms with van der Waals surface area (Å²) in [6.45, 7) is 1.06. The Hall–Kier alpha value is -2.48. The first kappa shape index (κ1) is 16.4. The van der Waals surface area contributed by atoms with E-state index in [1.54, 1.807) is 11.3 Å². The van der Waals surface area contributed by atoms with E-state index in [9.17, 15) is 0 Å². The van der Waals surface area contributed by atoms with E-state index in [4.69, 9.17) is 16.0 Å². The molecule has 0 saturated carbocycles. The molecule has 6 nitrogen and oxygen atoms in total. The molecule has 0 unspecified atom stereocenters. The molecule has 0 aliphatic carbocycles. The van der Waals surface area contributed by atoms with Crippen LogP contribution in [-0.4, -0.2) is 22.9 Å². The van der Waals surface area contributed by atoms with Gasteiger partial charge in [-0.3, -0.25) is 0 Å². The Labute approximate surface area is 144 Å². The number of thiazole rings is 1. The number of hydrogen-bond acceptors (Lipinski definition) is 6. The number of nitrogens with two attached hydrogens (primary N) is 2. The molecule has 24 heavy (non-hydrogen) atoms. The van der Waals surface area contributed by atoms with Gasteiger partial charge in [0, 0.05) is 11.9 Å². The SMILES string of the molecule is NCc1ccc(-c2csc(/N=C/N(N)CCc3ccccc3)n2)o1. The molecule has 3 rings (SSSR count). The summed E-state index contributed by atoms with van der Waals surface area (Å²) in [5.74, 6) is 7.37. The van der Waals surface area contributed by atoms with Crippen LogP contribution in [0.15, 0.2) is 57.3 Å². The highest BCUT2D eigenvalue weighted by molar-refractivity contribution is 7.13. The van der Waals surface area contributed by atoms with Crippen LogP contribution in [0.2, 0.25) is 0 Å². The van der Waals surface area contributed by atoms with Crippen molar-refractivity contribution < 1.29 is 4.42 Å². The third kappa shape index (κ3) is 4.29. The Morgan fingerprint density at radius 1 is 1.21 bits per heavy atom. The molecule has 0 saturated heterocycles. The maximum atomic E-state index is 5.94. The molecule has 0 amide bonds. The van der Waals surface area contributed by atoms with Crippen LogP contribution < -0.4 is 11.6 Å². The zero-order chi connectivity index (χ0) is 16.8. The van der Waals surface area contributed by atoms with Gasteiger partial charge in [0.15, 0.2) is 5.76 Å². The Bertz CT molecular complexity index is 796. The normalized spacial score (nSPS) is 11.2. The van der Waals surface area contributed by atoms with Crippen molar-refractivity contribution >= 4 is 22.8 Å². The first-order valence-electron chi connectivity index (χ1n) is 7.59. The smallest absolute Gasteiger partial charge is 0.211 e. The summed E-state index contributed by atoms with van der Waals surface area (Å²) in [5, 5.41) is 4.09. The van der Waals surface area contributed by atoms with E-state index in [1.807, 2.05) is 35.7 Å². The number of nitrogens with zero attached hydrogens (tertiary/aromatic N) is 3. The van der Waals surface area contributed by atoms with E-state index in [2.05, 4.69) is 22.1 Å². The Morgan fingerprint density at radius 3 is 2.79 bits per heavy atom. The maximum Gasteiger partial charge on any atom is 0.211 e.